The van der Waals surface area contributed by atoms with Gasteiger partial charge in [-0.3, -0.25) is 0 Å². The summed E-state index contributed by atoms with van der Waals surface area (Å²) in [5.74, 6) is 0. The number of hydrogen-bond acceptors (Lipinski definition) is 1. The lowest BCUT2D eigenvalue weighted by molar-refractivity contribution is 1.29. The van der Waals surface area contributed by atoms with Crippen LogP contribution in [0.4, 0.5) is 0 Å². The highest BCUT2D eigenvalue weighted by Gasteiger charge is 2.01. The molecule has 0 bridgehead atoms. The van der Waals surface area contributed by atoms with Crippen molar-refractivity contribution in [3.8, 4) is 0 Å². The predicted molar refractivity (Wildman–Crippen MR) is 58.6 cm³/mol. The van der Waals surface area contributed by atoms with Crippen molar-refractivity contribution in [2.24, 2.45) is 0 Å². The van der Waals surface area contributed by atoms with Crippen LogP contribution in [0.3, 0.4) is 0 Å². The molecule has 1 aromatic rings. The Hall–Kier alpha value is 0.650. The van der Waals surface area contributed by atoms with Gasteiger partial charge < -0.3 is 0 Å². The lowest BCUT2D eigenvalue weighted by Crippen LogP contribution is -1.75. The minimum Gasteiger partial charge on any atom is -0.122 e. The quantitative estimate of drug-likeness (QED) is 0.571. The van der Waals surface area contributed by atoms with Gasteiger partial charge in [-0.05, 0) is 56.6 Å². The van der Waals surface area contributed by atoms with E-state index in [-0.39, 0.29) is 0 Å². The summed E-state index contributed by atoms with van der Waals surface area (Å²) in [5, 5.41) is 0. The third-order valence-electron chi connectivity index (χ3n) is 1.09. The van der Waals surface area contributed by atoms with Gasteiger partial charge in [0.25, 0.3) is 0 Å². The smallest absolute Gasteiger partial charge is 0.0712 e. The standard InChI is InChI=1S/C7H6BrIS/c1-2-3-5-4-6(8)10-7(5)9/h2,4H,1,3H2. The molecule has 1 rings (SSSR count). The van der Waals surface area contributed by atoms with E-state index in [0.717, 1.165) is 6.42 Å². The van der Waals surface area contributed by atoms with Crippen LogP contribution in [0, 0.1) is 2.88 Å². The fourth-order valence-electron chi connectivity index (χ4n) is 0.669. The third-order valence-corrected chi connectivity index (χ3v) is 3.91. The highest BCUT2D eigenvalue weighted by molar-refractivity contribution is 14.1. The summed E-state index contributed by atoms with van der Waals surface area (Å²) in [5.41, 5.74) is 1.37. The number of thiophene rings is 1. The van der Waals surface area contributed by atoms with Gasteiger partial charge in [0.1, 0.15) is 0 Å². The molecule has 0 fully saturated rings. The lowest BCUT2D eigenvalue weighted by Gasteiger charge is -1.87. The molecular formula is C7H6BrIS. The summed E-state index contributed by atoms with van der Waals surface area (Å²) in [6.07, 6.45) is 2.90. The fraction of sp³-hybridized carbons (Fsp3) is 0.143. The van der Waals surface area contributed by atoms with Crippen LogP contribution < -0.4 is 0 Å². The van der Waals surface area contributed by atoms with Crippen molar-refractivity contribution in [3.05, 3.63) is 31.0 Å². The van der Waals surface area contributed by atoms with Crippen LogP contribution in [-0.2, 0) is 6.42 Å². The molecule has 1 aromatic heterocycles. The second kappa shape index (κ2) is 3.88. The van der Waals surface area contributed by atoms with E-state index in [9.17, 15) is 0 Å². The van der Waals surface area contributed by atoms with Crippen LogP contribution in [0.15, 0.2) is 22.5 Å². The molecule has 0 N–H and O–H groups in total. The average Bonchev–Trinajstić information content (AvgIpc) is 2.13. The molecule has 0 aliphatic carbocycles. The molecule has 10 heavy (non-hydrogen) atoms. The molecule has 0 atom stereocenters. The maximum absolute atomic E-state index is 3.69. The Kier molecular flexibility index (Phi) is 3.39. The Morgan fingerprint density at radius 1 is 1.80 bits per heavy atom. The van der Waals surface area contributed by atoms with Gasteiger partial charge in [-0.2, -0.15) is 0 Å². The van der Waals surface area contributed by atoms with E-state index in [1.165, 1.54) is 12.2 Å². The van der Waals surface area contributed by atoms with E-state index >= 15 is 0 Å². The summed E-state index contributed by atoms with van der Waals surface area (Å²) >= 11 is 7.54. The van der Waals surface area contributed by atoms with Crippen molar-refractivity contribution in [2.45, 2.75) is 6.42 Å². The zero-order chi connectivity index (χ0) is 7.56. The second-order valence-corrected chi connectivity index (χ2v) is 6.08. The maximum atomic E-state index is 3.69. The predicted octanol–water partition coefficient (Wildman–Crippen LogP) is 3.84. The van der Waals surface area contributed by atoms with Crippen molar-refractivity contribution in [2.75, 3.05) is 0 Å². The van der Waals surface area contributed by atoms with Gasteiger partial charge in [0, 0.05) is 0 Å². The second-order valence-electron chi connectivity index (χ2n) is 1.84. The maximum Gasteiger partial charge on any atom is 0.0712 e. The number of hydrogen-bond donors (Lipinski definition) is 0. The Balaban J connectivity index is 2.91. The van der Waals surface area contributed by atoms with Crippen LogP contribution in [0.25, 0.3) is 0 Å². The van der Waals surface area contributed by atoms with Crippen LogP contribution in [0.1, 0.15) is 5.56 Å². The van der Waals surface area contributed by atoms with Gasteiger partial charge in [0.05, 0.1) is 6.67 Å². The van der Waals surface area contributed by atoms with E-state index in [4.69, 9.17) is 0 Å². The Morgan fingerprint density at radius 2 is 2.50 bits per heavy atom. The van der Waals surface area contributed by atoms with Gasteiger partial charge in [-0.25, -0.2) is 0 Å². The first kappa shape index (κ1) is 8.74. The fourth-order valence-corrected chi connectivity index (χ4v) is 4.07. The Labute approximate surface area is 86.6 Å². The van der Waals surface area contributed by atoms with E-state index in [2.05, 4.69) is 51.2 Å². The lowest BCUT2D eigenvalue weighted by atomic mass is 10.2. The van der Waals surface area contributed by atoms with Crippen molar-refractivity contribution in [3.63, 3.8) is 0 Å². The van der Waals surface area contributed by atoms with Crippen LogP contribution in [-0.4, -0.2) is 0 Å². The third kappa shape index (κ3) is 2.07. The molecule has 0 aromatic carbocycles. The largest absolute Gasteiger partial charge is 0.122 e. The Bertz CT molecular complexity index is 242. The number of halogens is 2. The molecule has 54 valence electrons. The molecular weight excluding hydrogens is 323 g/mol. The summed E-state index contributed by atoms with van der Waals surface area (Å²) in [6, 6.07) is 2.15. The first-order valence-electron chi connectivity index (χ1n) is 2.78. The average molecular weight is 329 g/mol. The zero-order valence-electron chi connectivity index (χ0n) is 5.23. The van der Waals surface area contributed by atoms with Gasteiger partial charge in [-0.15, -0.1) is 17.9 Å². The van der Waals surface area contributed by atoms with E-state index in [1.54, 1.807) is 11.3 Å². The van der Waals surface area contributed by atoms with E-state index < -0.39 is 0 Å². The van der Waals surface area contributed by atoms with Gasteiger partial charge in [0.15, 0.2) is 0 Å². The van der Waals surface area contributed by atoms with Gasteiger partial charge >= 0.3 is 0 Å². The first-order valence-corrected chi connectivity index (χ1v) is 5.47. The van der Waals surface area contributed by atoms with Crippen LogP contribution >= 0.6 is 49.9 Å². The number of rotatable bonds is 2. The van der Waals surface area contributed by atoms with Gasteiger partial charge in [-0.1, -0.05) is 6.08 Å². The SMILES string of the molecule is C=CCc1cc(Br)sc1I. The molecule has 0 radical (unpaired) electrons. The molecule has 0 saturated carbocycles. The normalized spacial score (nSPS) is 9.80. The van der Waals surface area contributed by atoms with Crippen molar-refractivity contribution in [1.29, 1.82) is 0 Å². The molecule has 3 heteroatoms. The van der Waals surface area contributed by atoms with E-state index in [0.29, 0.717) is 0 Å². The molecule has 0 amide bonds. The summed E-state index contributed by atoms with van der Waals surface area (Å²) in [6.45, 7) is 3.69. The monoisotopic (exact) mass is 328 g/mol. The molecule has 0 spiro atoms. The van der Waals surface area contributed by atoms with Crippen LogP contribution in [0.5, 0.6) is 0 Å². The van der Waals surface area contributed by atoms with Crippen molar-refractivity contribution >= 4 is 49.9 Å². The topological polar surface area (TPSA) is 0 Å². The zero-order valence-corrected chi connectivity index (χ0v) is 9.79. The van der Waals surface area contributed by atoms with E-state index in [1.807, 2.05) is 6.08 Å². The summed E-state index contributed by atoms with van der Waals surface area (Å²) in [7, 11) is 0. The summed E-state index contributed by atoms with van der Waals surface area (Å²) < 4.78 is 2.55. The molecule has 0 unspecified atom stereocenters. The molecule has 0 nitrogen and oxygen atoms in total. The highest BCUT2D eigenvalue weighted by Crippen LogP contribution is 2.28. The molecule has 0 aliphatic heterocycles. The number of allylic oxidation sites excluding steroid dienone is 1. The molecule has 1 heterocycles. The van der Waals surface area contributed by atoms with Crippen molar-refractivity contribution < 1.29 is 0 Å². The molecule has 0 aliphatic rings. The highest BCUT2D eigenvalue weighted by atomic mass is 127. The molecule has 0 saturated heterocycles. The van der Waals surface area contributed by atoms with Crippen LogP contribution in [0.2, 0.25) is 0 Å². The minimum absolute atomic E-state index is 0.973. The van der Waals surface area contributed by atoms with Gasteiger partial charge in [0.2, 0.25) is 0 Å². The summed E-state index contributed by atoms with van der Waals surface area (Å²) in [4.78, 5) is 0. The minimum atomic E-state index is 0.973. The first-order chi connectivity index (χ1) is 4.74. The Morgan fingerprint density at radius 3 is 2.90 bits per heavy atom. The van der Waals surface area contributed by atoms with Crippen molar-refractivity contribution in [1.82, 2.24) is 0 Å².